The van der Waals surface area contributed by atoms with E-state index in [4.69, 9.17) is 9.15 Å². The molecule has 160 valence electrons. The topological polar surface area (TPSA) is 80.0 Å². The summed E-state index contributed by atoms with van der Waals surface area (Å²) in [5.74, 6) is -1.27. The largest absolute Gasteiger partial charge is 0.507 e. The van der Waals surface area contributed by atoms with Gasteiger partial charge in [-0.05, 0) is 70.0 Å². The maximum atomic E-state index is 13.7. The Bertz CT molecular complexity index is 991. The summed E-state index contributed by atoms with van der Waals surface area (Å²) in [5.41, 5.74) is 0.526. The quantitative estimate of drug-likeness (QED) is 0.316. The maximum Gasteiger partial charge on any atom is 0.295 e. The number of carbonyl (C=O) groups is 2. The second-order valence-electron chi connectivity index (χ2n) is 7.68. The number of hydrogen-bond donors (Lipinski definition) is 1. The molecule has 0 saturated carbocycles. The lowest BCUT2D eigenvalue weighted by Gasteiger charge is -2.23. The Morgan fingerprint density at radius 2 is 1.97 bits per heavy atom. The molecule has 2 aromatic rings. The number of aliphatic hydroxyl groups is 1. The molecule has 6 nitrogen and oxygen atoms in total. The number of furan rings is 1. The van der Waals surface area contributed by atoms with Gasteiger partial charge in [0.25, 0.3) is 11.7 Å². The van der Waals surface area contributed by atoms with Crippen LogP contribution in [0.5, 0.6) is 0 Å². The van der Waals surface area contributed by atoms with Gasteiger partial charge in [-0.1, -0.05) is 0 Å². The zero-order valence-electron chi connectivity index (χ0n) is 17.6. The Kier molecular flexibility index (Phi) is 6.41. The van der Waals surface area contributed by atoms with Crippen LogP contribution in [-0.2, 0) is 14.3 Å². The van der Waals surface area contributed by atoms with Crippen LogP contribution in [0.25, 0.3) is 5.76 Å². The van der Waals surface area contributed by atoms with Gasteiger partial charge in [0.05, 0.1) is 11.7 Å². The van der Waals surface area contributed by atoms with Crippen LogP contribution in [0.3, 0.4) is 0 Å². The molecule has 1 atom stereocenters. The van der Waals surface area contributed by atoms with E-state index >= 15 is 0 Å². The number of ether oxygens (including phenoxy) is 1. The van der Waals surface area contributed by atoms with Gasteiger partial charge in [-0.3, -0.25) is 9.59 Å². The first-order valence-corrected chi connectivity index (χ1v) is 9.93. The molecule has 1 aromatic heterocycles. The average Bonchev–Trinajstić information content (AvgIpc) is 3.22. The molecule has 3 rings (SSSR count). The van der Waals surface area contributed by atoms with Gasteiger partial charge in [0.15, 0.2) is 0 Å². The molecule has 2 heterocycles. The van der Waals surface area contributed by atoms with Crippen molar-refractivity contribution in [1.82, 2.24) is 4.90 Å². The molecule has 7 heteroatoms. The number of aryl methyl sites for hydroxylation is 2. The Balaban J connectivity index is 2.02. The Labute approximate surface area is 174 Å². The lowest BCUT2D eigenvalue weighted by molar-refractivity contribution is -0.140. The molecule has 0 radical (unpaired) electrons. The highest BCUT2D eigenvalue weighted by atomic mass is 19.1. The molecule has 1 fully saturated rings. The lowest BCUT2D eigenvalue weighted by atomic mass is 9.98. The van der Waals surface area contributed by atoms with E-state index in [9.17, 15) is 19.1 Å². The van der Waals surface area contributed by atoms with Crippen LogP contribution >= 0.6 is 0 Å². The van der Waals surface area contributed by atoms with Crippen molar-refractivity contribution >= 4 is 17.4 Å². The van der Waals surface area contributed by atoms with Gasteiger partial charge >= 0.3 is 0 Å². The molecule has 30 heavy (non-hydrogen) atoms. The van der Waals surface area contributed by atoms with Crippen molar-refractivity contribution in [3.8, 4) is 0 Å². The minimum absolute atomic E-state index is 0.0608. The number of benzene rings is 1. The first-order valence-electron chi connectivity index (χ1n) is 9.93. The highest BCUT2D eigenvalue weighted by molar-refractivity contribution is 6.46. The average molecular weight is 415 g/mol. The number of amides is 1. The second kappa shape index (κ2) is 8.83. The van der Waals surface area contributed by atoms with Crippen molar-refractivity contribution in [3.05, 3.63) is 64.4 Å². The van der Waals surface area contributed by atoms with Crippen LogP contribution in [0.15, 0.2) is 40.3 Å². The lowest BCUT2D eigenvalue weighted by Crippen LogP contribution is -2.31. The molecule has 1 N–H and O–H groups in total. The highest BCUT2D eigenvalue weighted by Crippen LogP contribution is 2.40. The van der Waals surface area contributed by atoms with Crippen molar-refractivity contribution in [1.29, 1.82) is 0 Å². The van der Waals surface area contributed by atoms with E-state index in [1.165, 1.54) is 23.1 Å². The van der Waals surface area contributed by atoms with Gasteiger partial charge in [-0.15, -0.1) is 0 Å². The van der Waals surface area contributed by atoms with Crippen molar-refractivity contribution in [2.24, 2.45) is 0 Å². The number of halogens is 1. The molecule has 0 bridgehead atoms. The van der Waals surface area contributed by atoms with E-state index < -0.39 is 23.5 Å². The van der Waals surface area contributed by atoms with Crippen molar-refractivity contribution in [2.45, 2.75) is 46.3 Å². The maximum absolute atomic E-state index is 13.7. The number of rotatable bonds is 7. The zero-order chi connectivity index (χ0) is 22.0. The summed E-state index contributed by atoms with van der Waals surface area (Å²) >= 11 is 0. The number of likely N-dealkylation sites (tertiary alicyclic amines) is 1. The number of ketones is 1. The van der Waals surface area contributed by atoms with Crippen LogP contribution in [0.2, 0.25) is 0 Å². The first kappa shape index (κ1) is 21.8. The van der Waals surface area contributed by atoms with Gasteiger partial charge in [-0.2, -0.15) is 0 Å². The predicted molar refractivity (Wildman–Crippen MR) is 109 cm³/mol. The van der Waals surface area contributed by atoms with Crippen LogP contribution in [-0.4, -0.2) is 41.0 Å². The van der Waals surface area contributed by atoms with Gasteiger partial charge in [0, 0.05) is 18.7 Å². The van der Waals surface area contributed by atoms with Crippen molar-refractivity contribution in [2.75, 3.05) is 13.2 Å². The van der Waals surface area contributed by atoms with Crippen LogP contribution in [0.4, 0.5) is 4.39 Å². The van der Waals surface area contributed by atoms with E-state index in [0.717, 1.165) is 0 Å². The minimum atomic E-state index is -0.858. The third-order valence-corrected chi connectivity index (χ3v) is 5.00. The van der Waals surface area contributed by atoms with Gasteiger partial charge < -0.3 is 19.2 Å². The molecule has 0 aliphatic carbocycles. The summed E-state index contributed by atoms with van der Waals surface area (Å²) in [5, 5.41) is 10.9. The summed E-state index contributed by atoms with van der Waals surface area (Å²) in [6.45, 7) is 7.86. The van der Waals surface area contributed by atoms with Gasteiger partial charge in [-0.25, -0.2) is 4.39 Å². The molecular weight excluding hydrogens is 389 g/mol. The highest BCUT2D eigenvalue weighted by Gasteiger charge is 2.47. The van der Waals surface area contributed by atoms with Gasteiger partial charge in [0.1, 0.15) is 29.1 Å². The SMILES string of the molecule is Cc1ccc(C2/C(=C(/O)c3ccc(F)c(C)c3)C(=O)C(=O)N2CCCOC(C)C)o1. The molecule has 1 unspecified atom stereocenters. The summed E-state index contributed by atoms with van der Waals surface area (Å²) in [7, 11) is 0. The van der Waals surface area contributed by atoms with E-state index in [1.807, 2.05) is 13.8 Å². The Hall–Kier alpha value is -2.93. The van der Waals surface area contributed by atoms with Crippen LogP contribution in [0.1, 0.15) is 49.0 Å². The summed E-state index contributed by atoms with van der Waals surface area (Å²) in [4.78, 5) is 27.0. The molecule has 0 spiro atoms. The second-order valence-corrected chi connectivity index (χ2v) is 7.68. The molecule has 1 aliphatic heterocycles. The Morgan fingerprint density at radius 1 is 1.23 bits per heavy atom. The zero-order valence-corrected chi connectivity index (χ0v) is 17.6. The van der Waals surface area contributed by atoms with Crippen molar-refractivity contribution < 1.29 is 28.2 Å². The van der Waals surface area contributed by atoms with Crippen LogP contribution < -0.4 is 0 Å². The van der Waals surface area contributed by atoms with Crippen LogP contribution in [0, 0.1) is 19.7 Å². The molecule has 1 amide bonds. The van der Waals surface area contributed by atoms with Gasteiger partial charge in [0.2, 0.25) is 0 Å². The van der Waals surface area contributed by atoms with E-state index in [0.29, 0.717) is 30.1 Å². The van der Waals surface area contributed by atoms with E-state index in [1.54, 1.807) is 26.0 Å². The molecular formula is C23H26FNO5. The molecule has 1 aliphatic rings. The van der Waals surface area contributed by atoms with Crippen molar-refractivity contribution in [3.63, 3.8) is 0 Å². The molecule has 1 saturated heterocycles. The van der Waals surface area contributed by atoms with E-state index in [-0.39, 0.29) is 29.5 Å². The normalized spacial score (nSPS) is 18.6. The number of hydrogen-bond acceptors (Lipinski definition) is 5. The first-order chi connectivity index (χ1) is 14.2. The monoisotopic (exact) mass is 415 g/mol. The number of Topliss-reactive ketones (excluding diaryl/α,β-unsaturated/α-hetero) is 1. The number of aliphatic hydroxyl groups excluding tert-OH is 1. The standard InChI is InChI=1S/C23H26FNO5/c1-13(2)29-11-5-10-25-20(18-9-6-15(4)30-18)19(22(27)23(25)28)21(26)16-7-8-17(24)14(3)12-16/h6-9,12-13,20,26H,5,10-11H2,1-4H3/b21-19-. The number of carbonyl (C=O) groups excluding carboxylic acids is 2. The summed E-state index contributed by atoms with van der Waals surface area (Å²) in [6, 6.07) is 6.61. The fraction of sp³-hybridized carbons (Fsp3) is 0.391. The third kappa shape index (κ3) is 4.31. The smallest absolute Gasteiger partial charge is 0.295 e. The predicted octanol–water partition coefficient (Wildman–Crippen LogP) is 4.27. The summed E-state index contributed by atoms with van der Waals surface area (Å²) in [6.07, 6.45) is 0.586. The molecule has 1 aromatic carbocycles. The Morgan fingerprint density at radius 3 is 2.57 bits per heavy atom. The summed E-state index contributed by atoms with van der Waals surface area (Å²) < 4.78 is 24.9. The number of nitrogens with zero attached hydrogens (tertiary/aromatic N) is 1. The third-order valence-electron chi connectivity index (χ3n) is 5.00. The fourth-order valence-electron chi connectivity index (χ4n) is 3.51. The minimum Gasteiger partial charge on any atom is -0.507 e. The fourth-order valence-corrected chi connectivity index (χ4v) is 3.51. The van der Waals surface area contributed by atoms with E-state index in [2.05, 4.69) is 0 Å².